The van der Waals surface area contributed by atoms with Gasteiger partial charge in [-0.1, -0.05) is 18.2 Å². The average molecular weight is 386 g/mol. The summed E-state index contributed by atoms with van der Waals surface area (Å²) in [5.41, 5.74) is -0.966. The number of carbonyl (C=O) groups is 1. The Bertz CT molecular complexity index is 888. The van der Waals surface area contributed by atoms with Gasteiger partial charge in [-0.3, -0.25) is 4.79 Å². The summed E-state index contributed by atoms with van der Waals surface area (Å²) >= 11 is 1.33. The van der Waals surface area contributed by atoms with Crippen LogP contribution in [0, 0.1) is 6.42 Å². The maximum atomic E-state index is 12.3. The zero-order valence-corrected chi connectivity index (χ0v) is 15.8. The number of hydrogen-bond donors (Lipinski definition) is 2. The first kappa shape index (κ1) is 19.0. The monoisotopic (exact) mass is 386 g/mol. The molecular weight excluding hydrogens is 366 g/mol. The van der Waals surface area contributed by atoms with E-state index in [1.165, 1.54) is 17.8 Å². The summed E-state index contributed by atoms with van der Waals surface area (Å²) in [6, 6.07) is 4.90. The number of aliphatic hydroxyl groups excluding tert-OH is 1. The first-order valence-corrected chi connectivity index (χ1v) is 9.42. The Morgan fingerprint density at radius 2 is 1.96 bits per heavy atom. The molecule has 6 nitrogen and oxygen atoms in total. The van der Waals surface area contributed by atoms with E-state index in [-0.39, 0.29) is 5.76 Å². The van der Waals surface area contributed by atoms with Crippen LogP contribution in [0.15, 0.2) is 47.7 Å². The first-order valence-electron chi connectivity index (χ1n) is 8.54. The molecule has 27 heavy (non-hydrogen) atoms. The van der Waals surface area contributed by atoms with Crippen LogP contribution in [0.5, 0.6) is 11.5 Å². The first-order chi connectivity index (χ1) is 13.0. The predicted molar refractivity (Wildman–Crippen MR) is 103 cm³/mol. The molecule has 0 saturated carbocycles. The Labute approximate surface area is 161 Å². The van der Waals surface area contributed by atoms with Gasteiger partial charge in [0.1, 0.15) is 10.8 Å². The molecule has 141 valence electrons. The lowest BCUT2D eigenvalue weighted by molar-refractivity contribution is -0.141. The predicted octanol–water partition coefficient (Wildman–Crippen LogP) is 4.01. The number of ether oxygens (including phenoxy) is 2. The Morgan fingerprint density at radius 3 is 2.59 bits per heavy atom. The van der Waals surface area contributed by atoms with Gasteiger partial charge in [-0.05, 0) is 31.5 Å². The Hall–Kier alpha value is -2.80. The van der Waals surface area contributed by atoms with Crippen LogP contribution in [0.3, 0.4) is 0 Å². The summed E-state index contributed by atoms with van der Waals surface area (Å²) in [4.78, 5) is 16.5. The van der Waals surface area contributed by atoms with Crippen molar-refractivity contribution in [2.24, 2.45) is 0 Å². The minimum absolute atomic E-state index is 0.279. The lowest BCUT2D eigenvalue weighted by atomic mass is 9.72. The van der Waals surface area contributed by atoms with Crippen molar-refractivity contribution in [1.29, 1.82) is 0 Å². The van der Waals surface area contributed by atoms with Gasteiger partial charge in [0.05, 0.1) is 13.2 Å². The quantitative estimate of drug-likeness (QED) is 0.747. The summed E-state index contributed by atoms with van der Waals surface area (Å²) in [5, 5.41) is 23.4. The number of thiazole rings is 1. The van der Waals surface area contributed by atoms with E-state index >= 15 is 0 Å². The number of carboxylic acids is 1. The van der Waals surface area contributed by atoms with E-state index in [9.17, 15) is 15.0 Å². The lowest BCUT2D eigenvalue weighted by Crippen LogP contribution is -2.40. The second-order valence-electron chi connectivity index (χ2n) is 5.77. The third-order valence-electron chi connectivity index (χ3n) is 4.24. The van der Waals surface area contributed by atoms with Crippen LogP contribution in [-0.2, 0) is 10.2 Å². The van der Waals surface area contributed by atoms with Gasteiger partial charge in [-0.25, -0.2) is 4.98 Å². The van der Waals surface area contributed by atoms with Gasteiger partial charge in [0.15, 0.2) is 16.9 Å². The average Bonchev–Trinajstić information content (AvgIpc) is 3.18. The SMILES string of the molecule is CCOc1ccc(C2(C(=O)O)[CH]C=CC(c3nccs3)=C2O)cc1OCC. The smallest absolute Gasteiger partial charge is 0.322 e. The van der Waals surface area contributed by atoms with Crippen LogP contribution in [-0.4, -0.2) is 34.4 Å². The number of allylic oxidation sites excluding steroid dienone is 3. The molecule has 0 saturated heterocycles. The maximum Gasteiger partial charge on any atom is 0.322 e. The lowest BCUT2D eigenvalue weighted by Gasteiger charge is -2.32. The second-order valence-corrected chi connectivity index (χ2v) is 6.66. The van der Waals surface area contributed by atoms with Crippen molar-refractivity contribution < 1.29 is 24.5 Å². The van der Waals surface area contributed by atoms with Crippen molar-refractivity contribution in [1.82, 2.24) is 4.98 Å². The van der Waals surface area contributed by atoms with Gasteiger partial charge >= 0.3 is 5.97 Å². The van der Waals surface area contributed by atoms with Crippen molar-refractivity contribution >= 4 is 22.9 Å². The van der Waals surface area contributed by atoms with Crippen molar-refractivity contribution in [3.05, 3.63) is 64.7 Å². The Morgan fingerprint density at radius 1 is 1.22 bits per heavy atom. The standard InChI is InChI=1S/C20H20NO5S/c1-3-25-15-8-7-13(12-16(15)26-4-2)20(19(23)24)9-5-6-14(17(20)22)18-21-10-11-27-18/h5-12,22H,3-4H2,1-2H3,(H,23,24). The molecule has 1 aliphatic carbocycles. The van der Waals surface area contributed by atoms with Crippen molar-refractivity contribution in [2.75, 3.05) is 13.2 Å². The zero-order valence-electron chi connectivity index (χ0n) is 15.0. The van der Waals surface area contributed by atoms with E-state index in [0.717, 1.165) is 0 Å². The summed E-state index contributed by atoms with van der Waals surface area (Å²) in [7, 11) is 0. The fourth-order valence-electron chi connectivity index (χ4n) is 3.01. The highest BCUT2D eigenvalue weighted by Crippen LogP contribution is 2.44. The molecule has 2 aromatic rings. The molecular formula is C20H20NO5S. The minimum atomic E-state index is -1.73. The molecule has 1 radical (unpaired) electrons. The summed E-state index contributed by atoms with van der Waals surface area (Å²) in [5.74, 6) is -0.508. The third-order valence-corrected chi connectivity index (χ3v) is 5.04. The minimum Gasteiger partial charge on any atom is -0.510 e. The van der Waals surface area contributed by atoms with Gasteiger partial charge < -0.3 is 19.7 Å². The second kappa shape index (κ2) is 7.84. The van der Waals surface area contributed by atoms with Crippen LogP contribution in [0.25, 0.3) is 5.57 Å². The van der Waals surface area contributed by atoms with Gasteiger partial charge in [-0.2, -0.15) is 0 Å². The number of carboxylic acid groups (broad SMARTS) is 1. The molecule has 0 amide bonds. The van der Waals surface area contributed by atoms with E-state index in [1.54, 1.807) is 41.9 Å². The molecule has 0 fully saturated rings. The number of hydrogen-bond acceptors (Lipinski definition) is 6. The molecule has 1 atom stereocenters. The molecule has 1 aliphatic rings. The van der Waals surface area contributed by atoms with E-state index in [2.05, 4.69) is 4.98 Å². The number of nitrogens with zero attached hydrogens (tertiary/aromatic N) is 1. The van der Waals surface area contributed by atoms with Crippen LogP contribution < -0.4 is 9.47 Å². The molecule has 0 bridgehead atoms. The summed E-state index contributed by atoms with van der Waals surface area (Å²) < 4.78 is 11.2. The molecule has 1 heterocycles. The number of rotatable bonds is 7. The Balaban J connectivity index is 2.17. The van der Waals surface area contributed by atoms with Crippen molar-refractivity contribution in [3.63, 3.8) is 0 Å². The van der Waals surface area contributed by atoms with Gasteiger partial charge in [0.25, 0.3) is 0 Å². The number of aliphatic hydroxyl groups is 1. The molecule has 7 heteroatoms. The zero-order chi connectivity index (χ0) is 19.4. The summed E-state index contributed by atoms with van der Waals surface area (Å²) in [6.45, 7) is 4.55. The molecule has 1 aromatic heterocycles. The van der Waals surface area contributed by atoms with Crippen molar-refractivity contribution in [2.45, 2.75) is 19.3 Å². The number of aromatic nitrogens is 1. The van der Waals surface area contributed by atoms with Gasteiger partial charge in [0.2, 0.25) is 0 Å². The van der Waals surface area contributed by atoms with Crippen LogP contribution in [0.4, 0.5) is 0 Å². The number of aliphatic carboxylic acids is 1. The van der Waals surface area contributed by atoms with Gasteiger partial charge in [-0.15, -0.1) is 11.3 Å². The molecule has 1 unspecified atom stereocenters. The third kappa shape index (κ3) is 3.30. The molecule has 2 N–H and O–H groups in total. The van der Waals surface area contributed by atoms with E-state index in [0.29, 0.717) is 40.9 Å². The van der Waals surface area contributed by atoms with Crippen LogP contribution in [0.2, 0.25) is 0 Å². The highest BCUT2D eigenvalue weighted by Gasteiger charge is 2.47. The van der Waals surface area contributed by atoms with E-state index in [1.807, 2.05) is 13.8 Å². The fraction of sp³-hybridized carbons (Fsp3) is 0.250. The Kier molecular flexibility index (Phi) is 5.51. The largest absolute Gasteiger partial charge is 0.510 e. The normalized spacial score (nSPS) is 19.2. The number of benzene rings is 1. The van der Waals surface area contributed by atoms with Gasteiger partial charge in [0, 0.05) is 23.6 Å². The molecule has 0 aliphatic heterocycles. The van der Waals surface area contributed by atoms with E-state index in [4.69, 9.17) is 9.47 Å². The summed E-state index contributed by atoms with van der Waals surface area (Å²) in [6.07, 6.45) is 6.36. The topological polar surface area (TPSA) is 88.9 Å². The van der Waals surface area contributed by atoms with Crippen LogP contribution in [0.1, 0.15) is 24.4 Å². The molecule has 3 rings (SSSR count). The fourth-order valence-corrected chi connectivity index (χ4v) is 3.68. The maximum absolute atomic E-state index is 12.3. The highest BCUT2D eigenvalue weighted by atomic mass is 32.1. The van der Waals surface area contributed by atoms with E-state index < -0.39 is 11.4 Å². The van der Waals surface area contributed by atoms with Crippen LogP contribution >= 0.6 is 11.3 Å². The molecule has 0 spiro atoms. The molecule has 1 aromatic carbocycles. The van der Waals surface area contributed by atoms with Crippen molar-refractivity contribution in [3.8, 4) is 11.5 Å². The highest BCUT2D eigenvalue weighted by molar-refractivity contribution is 7.10.